The van der Waals surface area contributed by atoms with Crippen molar-refractivity contribution >= 4 is 38.6 Å². The molecule has 0 saturated carbocycles. The molecule has 0 bridgehead atoms. The second-order valence-electron chi connectivity index (χ2n) is 3.95. The molecule has 112 valence electrons. The second-order valence-corrected chi connectivity index (χ2v) is 7.60. The second kappa shape index (κ2) is 6.48. The maximum Gasteiger partial charge on any atom is 0.300 e. The summed E-state index contributed by atoms with van der Waals surface area (Å²) in [5.74, 6) is 0. The van der Waals surface area contributed by atoms with Gasteiger partial charge in [0.1, 0.15) is 4.21 Å². The Labute approximate surface area is 129 Å². The highest BCUT2D eigenvalue weighted by molar-refractivity contribution is 7.91. The molecule has 0 aliphatic rings. The first-order valence-corrected chi connectivity index (χ1v) is 8.41. The number of pyridine rings is 1. The minimum atomic E-state index is -3.81. The van der Waals surface area contributed by atoms with Gasteiger partial charge < -0.3 is 0 Å². The Bertz CT molecular complexity index is 746. The van der Waals surface area contributed by atoms with E-state index in [2.05, 4.69) is 9.71 Å². The quantitative estimate of drug-likeness (QED) is 0.637. The first-order valence-electron chi connectivity index (χ1n) is 5.73. The highest BCUT2D eigenvalue weighted by atomic mass is 35.5. The molecule has 0 saturated heterocycles. The minimum Gasteiger partial charge on any atom is -0.261 e. The average molecular weight is 348 g/mol. The van der Waals surface area contributed by atoms with E-state index < -0.39 is 20.6 Å². The number of sulfonamides is 1. The molecule has 21 heavy (non-hydrogen) atoms. The van der Waals surface area contributed by atoms with Gasteiger partial charge in [-0.15, -0.1) is 11.3 Å². The van der Waals surface area contributed by atoms with Gasteiger partial charge in [0.25, 0.3) is 5.69 Å². The molecule has 10 heteroatoms. The van der Waals surface area contributed by atoms with Crippen LogP contribution < -0.4 is 4.72 Å². The van der Waals surface area contributed by atoms with E-state index in [0.29, 0.717) is 17.8 Å². The van der Waals surface area contributed by atoms with Gasteiger partial charge in [0.2, 0.25) is 10.0 Å². The van der Waals surface area contributed by atoms with E-state index in [4.69, 9.17) is 11.6 Å². The number of hydrogen-bond donors (Lipinski definition) is 1. The van der Waals surface area contributed by atoms with Gasteiger partial charge in [0.05, 0.1) is 4.92 Å². The Hall–Kier alpha value is -1.55. The Morgan fingerprint density at radius 1 is 1.43 bits per heavy atom. The topological polar surface area (TPSA) is 102 Å². The average Bonchev–Trinajstić information content (AvgIpc) is 2.83. The maximum absolute atomic E-state index is 12.0. The van der Waals surface area contributed by atoms with Gasteiger partial charge in [-0.2, -0.15) is 0 Å². The van der Waals surface area contributed by atoms with Crippen LogP contribution >= 0.6 is 22.9 Å². The summed E-state index contributed by atoms with van der Waals surface area (Å²) >= 11 is 6.30. The SMILES string of the molecule is O=[N+]([O-])c1cc(S(=O)(=O)NCCc2ccccn2)sc1Cl. The predicted molar refractivity (Wildman–Crippen MR) is 79.1 cm³/mol. The third-order valence-corrected chi connectivity index (χ3v) is 5.78. The normalized spacial score (nSPS) is 11.5. The number of nitro groups is 1. The van der Waals surface area contributed by atoms with E-state index in [1.165, 1.54) is 0 Å². The summed E-state index contributed by atoms with van der Waals surface area (Å²) in [7, 11) is -3.81. The molecule has 2 aromatic rings. The van der Waals surface area contributed by atoms with Crippen molar-refractivity contribution in [3.8, 4) is 0 Å². The number of thiophene rings is 1. The number of nitrogens with zero attached hydrogens (tertiary/aromatic N) is 2. The number of rotatable bonds is 6. The molecule has 0 atom stereocenters. The molecule has 0 aliphatic carbocycles. The summed E-state index contributed by atoms with van der Waals surface area (Å²) in [5.41, 5.74) is 0.335. The van der Waals surface area contributed by atoms with E-state index >= 15 is 0 Å². The van der Waals surface area contributed by atoms with E-state index in [1.54, 1.807) is 24.4 Å². The summed E-state index contributed by atoms with van der Waals surface area (Å²) < 4.78 is 26.0. The summed E-state index contributed by atoms with van der Waals surface area (Å²) in [6, 6.07) is 6.30. The molecule has 0 aliphatic heterocycles. The third-order valence-electron chi connectivity index (χ3n) is 2.51. The monoisotopic (exact) mass is 347 g/mol. The van der Waals surface area contributed by atoms with Crippen LogP contribution in [0.5, 0.6) is 0 Å². The third kappa shape index (κ3) is 3.97. The van der Waals surface area contributed by atoms with Crippen LogP contribution in [0.15, 0.2) is 34.7 Å². The lowest BCUT2D eigenvalue weighted by molar-refractivity contribution is -0.384. The van der Waals surface area contributed by atoms with Crippen molar-refractivity contribution in [1.82, 2.24) is 9.71 Å². The molecule has 0 fully saturated rings. The van der Waals surface area contributed by atoms with Crippen LogP contribution in [0.1, 0.15) is 5.69 Å². The minimum absolute atomic E-state index is 0.142. The number of nitrogens with one attached hydrogen (secondary N) is 1. The molecule has 1 N–H and O–H groups in total. The maximum atomic E-state index is 12.0. The molecule has 2 rings (SSSR count). The first kappa shape index (κ1) is 15.8. The Morgan fingerprint density at radius 2 is 2.19 bits per heavy atom. The molecule has 7 nitrogen and oxygen atoms in total. The van der Waals surface area contributed by atoms with Gasteiger partial charge in [0.15, 0.2) is 4.34 Å². The number of aromatic nitrogens is 1. The van der Waals surface area contributed by atoms with Crippen molar-refractivity contribution < 1.29 is 13.3 Å². The Balaban J connectivity index is 2.05. The van der Waals surface area contributed by atoms with Gasteiger partial charge in [-0.3, -0.25) is 15.1 Å². The van der Waals surface area contributed by atoms with Crippen molar-refractivity contribution in [2.75, 3.05) is 6.54 Å². The smallest absolute Gasteiger partial charge is 0.261 e. The highest BCUT2D eigenvalue weighted by Crippen LogP contribution is 2.35. The Morgan fingerprint density at radius 3 is 2.76 bits per heavy atom. The Kier molecular flexibility index (Phi) is 4.88. The zero-order chi connectivity index (χ0) is 15.5. The number of hydrogen-bond acceptors (Lipinski definition) is 6. The lowest BCUT2D eigenvalue weighted by Crippen LogP contribution is -2.25. The first-order chi connectivity index (χ1) is 9.90. The fourth-order valence-electron chi connectivity index (χ4n) is 1.53. The van der Waals surface area contributed by atoms with Crippen LogP contribution in [0.25, 0.3) is 0 Å². The highest BCUT2D eigenvalue weighted by Gasteiger charge is 2.24. The van der Waals surface area contributed by atoms with Gasteiger partial charge in [-0.1, -0.05) is 17.7 Å². The molecule has 0 aromatic carbocycles. The van der Waals surface area contributed by atoms with Crippen molar-refractivity contribution in [2.24, 2.45) is 0 Å². The largest absolute Gasteiger partial charge is 0.300 e. The molecular formula is C11H10ClN3O4S2. The van der Waals surface area contributed by atoms with Crippen molar-refractivity contribution in [3.63, 3.8) is 0 Å². The van der Waals surface area contributed by atoms with Gasteiger partial charge in [0, 0.05) is 30.9 Å². The lowest BCUT2D eigenvalue weighted by Gasteiger charge is -2.03. The molecule has 0 amide bonds. The van der Waals surface area contributed by atoms with Crippen LogP contribution in [0.4, 0.5) is 5.69 Å². The molecule has 0 unspecified atom stereocenters. The summed E-state index contributed by atoms with van der Waals surface area (Å²) in [6.07, 6.45) is 2.04. The number of halogens is 1. The van der Waals surface area contributed by atoms with Crippen molar-refractivity contribution in [1.29, 1.82) is 0 Å². The summed E-state index contributed by atoms with van der Waals surface area (Å²) in [6.45, 7) is 0.142. The van der Waals surface area contributed by atoms with Crippen molar-refractivity contribution in [2.45, 2.75) is 10.6 Å². The summed E-state index contributed by atoms with van der Waals surface area (Å²) in [4.78, 5) is 14.0. The van der Waals surface area contributed by atoms with Crippen LogP contribution in [-0.4, -0.2) is 24.9 Å². The summed E-state index contributed by atoms with van der Waals surface area (Å²) in [5, 5.41) is 10.7. The molecule has 2 heterocycles. The van der Waals surface area contributed by atoms with Gasteiger partial charge in [-0.05, 0) is 12.1 Å². The zero-order valence-electron chi connectivity index (χ0n) is 10.5. The fourth-order valence-corrected chi connectivity index (χ4v) is 4.27. The van der Waals surface area contributed by atoms with Crippen LogP contribution in [0.3, 0.4) is 0 Å². The standard InChI is InChI=1S/C11H10ClN3O4S2/c12-11-9(15(16)17)7-10(20-11)21(18,19)14-6-4-8-3-1-2-5-13-8/h1-3,5,7,14H,4,6H2. The van der Waals surface area contributed by atoms with E-state index in [-0.39, 0.29) is 15.1 Å². The molecule has 2 aromatic heterocycles. The lowest BCUT2D eigenvalue weighted by atomic mass is 10.3. The van der Waals surface area contributed by atoms with Crippen molar-refractivity contribution in [3.05, 3.63) is 50.6 Å². The van der Waals surface area contributed by atoms with Gasteiger partial charge in [-0.25, -0.2) is 13.1 Å². The molecular weight excluding hydrogens is 338 g/mol. The molecule has 0 spiro atoms. The molecule has 0 radical (unpaired) electrons. The van der Waals surface area contributed by atoms with Crippen LogP contribution in [0.2, 0.25) is 4.34 Å². The predicted octanol–water partition coefficient (Wildman–Crippen LogP) is 2.23. The van der Waals surface area contributed by atoms with Crippen LogP contribution in [0, 0.1) is 10.1 Å². The zero-order valence-corrected chi connectivity index (χ0v) is 12.9. The van der Waals surface area contributed by atoms with E-state index in [1.807, 2.05) is 0 Å². The van der Waals surface area contributed by atoms with Crippen LogP contribution in [-0.2, 0) is 16.4 Å². The fraction of sp³-hybridized carbons (Fsp3) is 0.182. The van der Waals surface area contributed by atoms with E-state index in [0.717, 1.165) is 11.8 Å². The van der Waals surface area contributed by atoms with Gasteiger partial charge >= 0.3 is 0 Å². The van der Waals surface area contributed by atoms with E-state index in [9.17, 15) is 18.5 Å².